The van der Waals surface area contributed by atoms with Crippen LogP contribution in [0.2, 0.25) is 0 Å². The zero-order chi connectivity index (χ0) is 15.1. The normalized spacial score (nSPS) is 21.1. The standard InChI is InChI=1S/C19H30N2.ClH/c1-2-3-4-5-6-15-7-9-16(10-8-15)17-11-13-18(14-12-17)19(20)21;/h11-16H,2-10H2,1H3,(H3,20,21);1H. The van der Waals surface area contributed by atoms with E-state index >= 15 is 0 Å². The van der Waals surface area contributed by atoms with E-state index in [9.17, 15) is 0 Å². The molecule has 0 atom stereocenters. The smallest absolute Gasteiger partial charge is 0.122 e. The molecule has 0 saturated heterocycles. The topological polar surface area (TPSA) is 49.9 Å². The number of rotatable bonds is 7. The van der Waals surface area contributed by atoms with Gasteiger partial charge in [-0.15, -0.1) is 12.4 Å². The Morgan fingerprint density at radius 2 is 1.68 bits per heavy atom. The highest BCUT2D eigenvalue weighted by molar-refractivity contribution is 5.94. The second-order valence-electron chi connectivity index (χ2n) is 6.60. The number of amidine groups is 1. The fourth-order valence-electron chi connectivity index (χ4n) is 3.58. The van der Waals surface area contributed by atoms with Gasteiger partial charge in [0.1, 0.15) is 5.84 Å². The van der Waals surface area contributed by atoms with Crippen LogP contribution in [0.25, 0.3) is 0 Å². The minimum absolute atomic E-state index is 0. The average molecular weight is 323 g/mol. The summed E-state index contributed by atoms with van der Waals surface area (Å²) in [5, 5.41) is 7.45. The lowest BCUT2D eigenvalue weighted by Crippen LogP contribution is -2.14. The van der Waals surface area contributed by atoms with E-state index in [0.29, 0.717) is 0 Å². The van der Waals surface area contributed by atoms with E-state index < -0.39 is 0 Å². The van der Waals surface area contributed by atoms with Crippen molar-refractivity contribution in [3.8, 4) is 0 Å². The van der Waals surface area contributed by atoms with E-state index in [4.69, 9.17) is 11.1 Å². The molecule has 3 heteroatoms. The van der Waals surface area contributed by atoms with Gasteiger partial charge in [-0.2, -0.15) is 0 Å². The molecule has 0 spiro atoms. The fourth-order valence-corrected chi connectivity index (χ4v) is 3.58. The first-order valence-corrected chi connectivity index (χ1v) is 8.65. The minimum atomic E-state index is 0. The molecule has 1 aliphatic carbocycles. The van der Waals surface area contributed by atoms with Crippen LogP contribution in [0.4, 0.5) is 0 Å². The summed E-state index contributed by atoms with van der Waals surface area (Å²) in [5.74, 6) is 1.85. The van der Waals surface area contributed by atoms with Crippen molar-refractivity contribution in [3.63, 3.8) is 0 Å². The molecular formula is C19H31ClN2. The van der Waals surface area contributed by atoms with Crippen LogP contribution < -0.4 is 5.73 Å². The van der Waals surface area contributed by atoms with Crippen molar-refractivity contribution in [1.82, 2.24) is 0 Å². The molecule has 1 aromatic carbocycles. The molecule has 1 saturated carbocycles. The van der Waals surface area contributed by atoms with E-state index in [-0.39, 0.29) is 18.2 Å². The van der Waals surface area contributed by atoms with Gasteiger partial charge >= 0.3 is 0 Å². The molecular weight excluding hydrogens is 292 g/mol. The number of benzene rings is 1. The average Bonchev–Trinajstić information content (AvgIpc) is 2.52. The van der Waals surface area contributed by atoms with Gasteiger partial charge < -0.3 is 5.73 Å². The third kappa shape index (κ3) is 5.64. The lowest BCUT2D eigenvalue weighted by molar-refractivity contribution is 0.302. The summed E-state index contributed by atoms with van der Waals surface area (Å²) < 4.78 is 0. The number of nitrogens with two attached hydrogens (primary N) is 1. The maximum Gasteiger partial charge on any atom is 0.122 e. The molecule has 0 bridgehead atoms. The van der Waals surface area contributed by atoms with Crippen molar-refractivity contribution in [1.29, 1.82) is 5.41 Å². The van der Waals surface area contributed by atoms with E-state index in [2.05, 4.69) is 19.1 Å². The van der Waals surface area contributed by atoms with Crippen LogP contribution in [0.3, 0.4) is 0 Å². The summed E-state index contributed by atoms with van der Waals surface area (Å²) in [6.07, 6.45) is 12.5. The van der Waals surface area contributed by atoms with Gasteiger partial charge in [-0.1, -0.05) is 63.3 Å². The van der Waals surface area contributed by atoms with Crippen molar-refractivity contribution < 1.29 is 0 Å². The first-order chi connectivity index (χ1) is 10.2. The van der Waals surface area contributed by atoms with Gasteiger partial charge in [0.25, 0.3) is 0 Å². The fraction of sp³-hybridized carbons (Fsp3) is 0.632. The molecule has 1 aliphatic rings. The van der Waals surface area contributed by atoms with Gasteiger partial charge in [0.05, 0.1) is 0 Å². The Kier molecular flexibility index (Phi) is 8.55. The van der Waals surface area contributed by atoms with Crippen LogP contribution in [0.15, 0.2) is 24.3 Å². The SMILES string of the molecule is CCCCCCC1CCC(c2ccc(C(=N)N)cc2)CC1.Cl. The molecule has 3 N–H and O–H groups in total. The molecule has 22 heavy (non-hydrogen) atoms. The summed E-state index contributed by atoms with van der Waals surface area (Å²) in [6, 6.07) is 8.33. The number of halogens is 1. The van der Waals surface area contributed by atoms with Crippen LogP contribution >= 0.6 is 12.4 Å². The Morgan fingerprint density at radius 3 is 2.23 bits per heavy atom. The highest BCUT2D eigenvalue weighted by Crippen LogP contribution is 2.37. The molecule has 124 valence electrons. The van der Waals surface area contributed by atoms with Crippen molar-refractivity contribution in [2.75, 3.05) is 0 Å². The lowest BCUT2D eigenvalue weighted by atomic mass is 9.77. The predicted molar refractivity (Wildman–Crippen MR) is 98.2 cm³/mol. The maximum atomic E-state index is 7.45. The Morgan fingerprint density at radius 1 is 1.05 bits per heavy atom. The molecule has 0 aliphatic heterocycles. The van der Waals surface area contributed by atoms with Crippen molar-refractivity contribution in [2.45, 2.75) is 70.6 Å². The molecule has 0 unspecified atom stereocenters. The first kappa shape index (κ1) is 19.0. The van der Waals surface area contributed by atoms with Gasteiger partial charge in [-0.05, 0) is 43.1 Å². The quantitative estimate of drug-likeness (QED) is 0.381. The van der Waals surface area contributed by atoms with Crippen LogP contribution in [0.1, 0.15) is 81.8 Å². The van der Waals surface area contributed by atoms with Gasteiger partial charge in [0, 0.05) is 5.56 Å². The highest BCUT2D eigenvalue weighted by Gasteiger charge is 2.21. The zero-order valence-electron chi connectivity index (χ0n) is 13.8. The monoisotopic (exact) mass is 322 g/mol. The third-order valence-corrected chi connectivity index (χ3v) is 5.01. The van der Waals surface area contributed by atoms with Crippen LogP contribution in [-0.4, -0.2) is 5.84 Å². The summed E-state index contributed by atoms with van der Waals surface area (Å²) in [6.45, 7) is 2.28. The second kappa shape index (κ2) is 9.89. The summed E-state index contributed by atoms with van der Waals surface area (Å²) in [4.78, 5) is 0. The Labute approximate surface area is 141 Å². The zero-order valence-corrected chi connectivity index (χ0v) is 14.6. The molecule has 2 rings (SSSR count). The molecule has 0 heterocycles. The van der Waals surface area contributed by atoms with E-state index in [1.165, 1.54) is 63.4 Å². The van der Waals surface area contributed by atoms with Crippen molar-refractivity contribution in [2.24, 2.45) is 11.7 Å². The van der Waals surface area contributed by atoms with E-state index in [0.717, 1.165) is 17.4 Å². The molecule has 0 aromatic heterocycles. The molecule has 1 fully saturated rings. The maximum absolute atomic E-state index is 7.45. The number of hydrogen-bond donors (Lipinski definition) is 2. The summed E-state index contributed by atoms with van der Waals surface area (Å²) in [7, 11) is 0. The number of unbranched alkanes of at least 4 members (excludes halogenated alkanes) is 3. The van der Waals surface area contributed by atoms with Gasteiger partial charge in [0.15, 0.2) is 0 Å². The number of nitrogens with one attached hydrogen (secondary N) is 1. The third-order valence-electron chi connectivity index (χ3n) is 5.01. The first-order valence-electron chi connectivity index (χ1n) is 8.65. The van der Waals surface area contributed by atoms with Crippen LogP contribution in [-0.2, 0) is 0 Å². The Hall–Kier alpha value is -1.02. The second-order valence-corrected chi connectivity index (χ2v) is 6.60. The number of nitrogen functional groups attached to an aromatic ring is 1. The Bertz CT molecular complexity index is 433. The molecule has 0 radical (unpaired) electrons. The number of hydrogen-bond acceptors (Lipinski definition) is 1. The van der Waals surface area contributed by atoms with E-state index in [1.807, 2.05) is 12.1 Å². The summed E-state index contributed by atoms with van der Waals surface area (Å²) in [5.41, 5.74) is 7.78. The van der Waals surface area contributed by atoms with Crippen LogP contribution in [0.5, 0.6) is 0 Å². The Balaban J connectivity index is 0.00000242. The minimum Gasteiger partial charge on any atom is -0.384 e. The summed E-state index contributed by atoms with van der Waals surface area (Å²) >= 11 is 0. The van der Waals surface area contributed by atoms with Crippen LogP contribution in [0, 0.1) is 11.3 Å². The molecule has 2 nitrogen and oxygen atoms in total. The molecule has 1 aromatic rings. The van der Waals surface area contributed by atoms with Crippen molar-refractivity contribution in [3.05, 3.63) is 35.4 Å². The van der Waals surface area contributed by atoms with Crippen molar-refractivity contribution >= 4 is 18.2 Å². The van der Waals surface area contributed by atoms with E-state index in [1.54, 1.807) is 0 Å². The molecule has 0 amide bonds. The lowest BCUT2D eigenvalue weighted by Gasteiger charge is -2.29. The highest BCUT2D eigenvalue weighted by atomic mass is 35.5. The van der Waals surface area contributed by atoms with Gasteiger partial charge in [0.2, 0.25) is 0 Å². The van der Waals surface area contributed by atoms with Gasteiger partial charge in [-0.25, -0.2) is 0 Å². The largest absolute Gasteiger partial charge is 0.384 e. The van der Waals surface area contributed by atoms with Gasteiger partial charge in [-0.3, -0.25) is 5.41 Å². The predicted octanol–water partition coefficient (Wildman–Crippen LogP) is 5.64.